The van der Waals surface area contributed by atoms with Crippen LogP contribution in [-0.4, -0.2) is 9.97 Å². The summed E-state index contributed by atoms with van der Waals surface area (Å²) in [5, 5.41) is 2.85. The zero-order chi connectivity index (χ0) is 20.8. The SMILES string of the molecule is Fc1ccc2[nH]c3ccc(F)cc3c2c1.Fc1ccc2[nH]c3ccc(F)cc3c2c1. The van der Waals surface area contributed by atoms with Crippen LogP contribution in [0, 0.1) is 23.3 Å². The number of nitrogens with one attached hydrogen (secondary N) is 2. The van der Waals surface area contributed by atoms with Crippen molar-refractivity contribution in [3.05, 3.63) is 96.1 Å². The lowest BCUT2D eigenvalue weighted by Gasteiger charge is -1.91. The molecule has 2 aromatic heterocycles. The Morgan fingerprint density at radius 2 is 0.600 bits per heavy atom. The Hall–Kier alpha value is -3.80. The van der Waals surface area contributed by atoms with E-state index in [-0.39, 0.29) is 23.3 Å². The summed E-state index contributed by atoms with van der Waals surface area (Å²) in [6, 6.07) is 17.8. The molecule has 0 radical (unpaired) electrons. The average molecular weight is 406 g/mol. The lowest BCUT2D eigenvalue weighted by atomic mass is 10.1. The maximum absolute atomic E-state index is 13.0. The smallest absolute Gasteiger partial charge is 0.123 e. The van der Waals surface area contributed by atoms with Gasteiger partial charge in [0.2, 0.25) is 0 Å². The summed E-state index contributed by atoms with van der Waals surface area (Å²) >= 11 is 0. The zero-order valence-corrected chi connectivity index (χ0v) is 15.4. The number of hydrogen-bond acceptors (Lipinski definition) is 0. The molecule has 2 N–H and O–H groups in total. The Morgan fingerprint density at radius 1 is 0.367 bits per heavy atom. The summed E-state index contributed by atoms with van der Waals surface area (Å²) < 4.78 is 52.1. The van der Waals surface area contributed by atoms with Crippen molar-refractivity contribution in [2.45, 2.75) is 0 Å². The van der Waals surface area contributed by atoms with Crippen LogP contribution in [0.3, 0.4) is 0 Å². The minimum Gasteiger partial charge on any atom is -0.355 e. The van der Waals surface area contributed by atoms with Crippen LogP contribution < -0.4 is 0 Å². The van der Waals surface area contributed by atoms with Gasteiger partial charge >= 0.3 is 0 Å². The van der Waals surface area contributed by atoms with Crippen molar-refractivity contribution >= 4 is 43.6 Å². The number of halogens is 4. The van der Waals surface area contributed by atoms with Crippen molar-refractivity contribution in [1.29, 1.82) is 0 Å². The molecular weight excluding hydrogens is 392 g/mol. The predicted molar refractivity (Wildman–Crippen MR) is 111 cm³/mol. The second kappa shape index (κ2) is 6.91. The third-order valence-electron chi connectivity index (χ3n) is 5.05. The quantitative estimate of drug-likeness (QED) is 0.250. The number of aromatic amines is 2. The van der Waals surface area contributed by atoms with Gasteiger partial charge in [0, 0.05) is 43.6 Å². The molecule has 2 nitrogen and oxygen atoms in total. The lowest BCUT2D eigenvalue weighted by Crippen LogP contribution is -1.73. The Bertz CT molecular complexity index is 1320. The summed E-state index contributed by atoms with van der Waals surface area (Å²) in [6.45, 7) is 0. The van der Waals surface area contributed by atoms with Gasteiger partial charge in [0.05, 0.1) is 0 Å². The van der Waals surface area contributed by atoms with Crippen molar-refractivity contribution < 1.29 is 17.6 Å². The van der Waals surface area contributed by atoms with Crippen molar-refractivity contribution in [2.75, 3.05) is 0 Å². The zero-order valence-electron chi connectivity index (χ0n) is 15.4. The lowest BCUT2D eigenvalue weighted by molar-refractivity contribution is 0.628. The van der Waals surface area contributed by atoms with Crippen molar-refractivity contribution in [1.82, 2.24) is 9.97 Å². The van der Waals surface area contributed by atoms with Gasteiger partial charge < -0.3 is 9.97 Å². The van der Waals surface area contributed by atoms with E-state index in [9.17, 15) is 17.6 Å². The molecule has 30 heavy (non-hydrogen) atoms. The van der Waals surface area contributed by atoms with Gasteiger partial charge in [-0.3, -0.25) is 0 Å². The van der Waals surface area contributed by atoms with Gasteiger partial charge in [-0.15, -0.1) is 0 Å². The van der Waals surface area contributed by atoms with Gasteiger partial charge in [-0.25, -0.2) is 17.6 Å². The Balaban J connectivity index is 0.000000128. The van der Waals surface area contributed by atoms with E-state index in [0.717, 1.165) is 22.1 Å². The van der Waals surface area contributed by atoms with Crippen LogP contribution in [-0.2, 0) is 0 Å². The van der Waals surface area contributed by atoms with Gasteiger partial charge in [-0.1, -0.05) is 0 Å². The summed E-state index contributed by atoms with van der Waals surface area (Å²) in [4.78, 5) is 6.20. The minimum atomic E-state index is -0.312. The molecule has 6 aromatic rings. The van der Waals surface area contributed by atoms with Gasteiger partial charge in [-0.2, -0.15) is 0 Å². The van der Waals surface area contributed by atoms with E-state index in [1.54, 1.807) is 24.3 Å². The minimum absolute atomic E-state index is 0.312. The highest BCUT2D eigenvalue weighted by molar-refractivity contribution is 6.07. The van der Waals surface area contributed by atoms with Crippen LogP contribution in [0.1, 0.15) is 0 Å². The maximum Gasteiger partial charge on any atom is 0.123 e. The fraction of sp³-hybridized carbons (Fsp3) is 0. The molecule has 6 rings (SSSR count). The molecule has 0 saturated heterocycles. The Morgan fingerprint density at radius 3 is 0.833 bits per heavy atom. The van der Waals surface area contributed by atoms with Crippen LogP contribution in [0.25, 0.3) is 43.6 Å². The number of benzene rings is 4. The molecule has 0 amide bonds. The molecule has 2 heterocycles. The highest BCUT2D eigenvalue weighted by Gasteiger charge is 2.06. The van der Waals surface area contributed by atoms with E-state index < -0.39 is 0 Å². The normalized spacial score (nSPS) is 11.3. The molecule has 0 unspecified atom stereocenters. The molecule has 0 aliphatic heterocycles. The summed E-state index contributed by atoms with van der Waals surface area (Å²) in [5.74, 6) is -1.25. The molecule has 0 aliphatic rings. The molecular formula is C24H14F4N2. The van der Waals surface area contributed by atoms with E-state index in [0.29, 0.717) is 21.5 Å². The fourth-order valence-electron chi connectivity index (χ4n) is 3.68. The monoisotopic (exact) mass is 406 g/mol. The molecule has 0 aliphatic carbocycles. The van der Waals surface area contributed by atoms with Crippen LogP contribution in [0.5, 0.6) is 0 Å². The Labute approximate surface area is 167 Å². The first-order valence-corrected chi connectivity index (χ1v) is 9.21. The van der Waals surface area contributed by atoms with E-state index in [1.165, 1.54) is 48.5 Å². The maximum atomic E-state index is 13.0. The average Bonchev–Trinajstić information content (AvgIpc) is 3.26. The van der Waals surface area contributed by atoms with Gasteiger partial charge in [0.15, 0.2) is 0 Å². The van der Waals surface area contributed by atoms with Crippen LogP contribution in [0.4, 0.5) is 17.6 Å². The second-order valence-electron chi connectivity index (χ2n) is 7.01. The molecule has 0 spiro atoms. The molecule has 6 heteroatoms. The first-order valence-electron chi connectivity index (χ1n) is 9.21. The van der Waals surface area contributed by atoms with Crippen LogP contribution in [0.15, 0.2) is 72.8 Å². The van der Waals surface area contributed by atoms with E-state index in [4.69, 9.17) is 0 Å². The third kappa shape index (κ3) is 3.16. The molecule has 0 atom stereocenters. The van der Waals surface area contributed by atoms with Gasteiger partial charge in [-0.05, 0) is 72.8 Å². The number of H-pyrrole nitrogens is 2. The summed E-state index contributed by atoms with van der Waals surface area (Å²) in [7, 11) is 0. The summed E-state index contributed by atoms with van der Waals surface area (Å²) in [5.41, 5.74) is 3.27. The number of rotatable bonds is 0. The van der Waals surface area contributed by atoms with Gasteiger partial charge in [0.25, 0.3) is 0 Å². The van der Waals surface area contributed by atoms with Crippen LogP contribution in [0.2, 0.25) is 0 Å². The Kier molecular flexibility index (Phi) is 4.20. The van der Waals surface area contributed by atoms with Crippen molar-refractivity contribution in [2.24, 2.45) is 0 Å². The topological polar surface area (TPSA) is 31.6 Å². The molecule has 0 saturated carbocycles. The van der Waals surface area contributed by atoms with E-state index >= 15 is 0 Å². The van der Waals surface area contributed by atoms with E-state index in [2.05, 4.69) is 9.97 Å². The second-order valence-corrected chi connectivity index (χ2v) is 7.01. The number of aromatic nitrogens is 2. The highest BCUT2D eigenvalue weighted by Crippen LogP contribution is 2.27. The third-order valence-corrected chi connectivity index (χ3v) is 5.05. The number of hydrogen-bond donors (Lipinski definition) is 2. The van der Waals surface area contributed by atoms with E-state index in [1.807, 2.05) is 0 Å². The first kappa shape index (κ1) is 18.2. The standard InChI is InChI=1S/2C12H7F2N/c2*13-7-1-3-11-9(5-7)10-6-8(14)2-4-12(10)15-11/h2*1-6,15H. The largest absolute Gasteiger partial charge is 0.355 e. The highest BCUT2D eigenvalue weighted by atomic mass is 19.1. The van der Waals surface area contributed by atoms with Gasteiger partial charge in [0.1, 0.15) is 23.3 Å². The first-order chi connectivity index (χ1) is 14.5. The number of fused-ring (bicyclic) bond motifs is 6. The van der Waals surface area contributed by atoms with Crippen molar-refractivity contribution in [3.8, 4) is 0 Å². The predicted octanol–water partition coefficient (Wildman–Crippen LogP) is 7.20. The molecule has 0 fully saturated rings. The fourth-order valence-corrected chi connectivity index (χ4v) is 3.68. The molecule has 4 aromatic carbocycles. The summed E-state index contributed by atoms with van der Waals surface area (Å²) in [6.07, 6.45) is 0. The van der Waals surface area contributed by atoms with Crippen molar-refractivity contribution in [3.63, 3.8) is 0 Å². The van der Waals surface area contributed by atoms with Crippen LogP contribution >= 0.6 is 0 Å². The molecule has 148 valence electrons. The molecule has 0 bridgehead atoms.